The number of furan rings is 2. The van der Waals surface area contributed by atoms with Gasteiger partial charge in [0.2, 0.25) is 5.28 Å². The van der Waals surface area contributed by atoms with Crippen LogP contribution >= 0.6 is 11.6 Å². The molecule has 0 fully saturated rings. The third kappa shape index (κ3) is 6.01. The van der Waals surface area contributed by atoms with E-state index in [0.717, 1.165) is 82.9 Å². The average molecular weight is 946 g/mol. The number of fused-ring (bicyclic) bond motifs is 15. The van der Waals surface area contributed by atoms with Gasteiger partial charge in [-0.05, 0) is 84.4 Å². The summed E-state index contributed by atoms with van der Waals surface area (Å²) in [5.41, 5.74) is 13.0. The summed E-state index contributed by atoms with van der Waals surface area (Å²) in [5, 5.41) is 9.22. The highest BCUT2D eigenvalue weighted by Gasteiger charge is 2.24. The molecule has 0 N–H and O–H groups in total. The van der Waals surface area contributed by atoms with Crippen LogP contribution in [0.25, 0.3) is 138 Å². The number of hydrogen-bond acceptors (Lipinski definition) is 6. The Hall–Kier alpha value is -9.57. The van der Waals surface area contributed by atoms with Gasteiger partial charge in [0.1, 0.15) is 22.2 Å². The van der Waals surface area contributed by atoms with Crippen LogP contribution < -0.4 is 0 Å². The molecule has 0 bridgehead atoms. The van der Waals surface area contributed by atoms with Crippen LogP contribution in [0.2, 0.25) is 5.28 Å². The van der Waals surface area contributed by atoms with Crippen molar-refractivity contribution in [2.75, 3.05) is 0 Å². The molecule has 0 atom stereocenters. The summed E-state index contributed by atoms with van der Waals surface area (Å²) in [7, 11) is 0. The number of halogens is 1. The van der Waals surface area contributed by atoms with Crippen molar-refractivity contribution in [3.8, 4) is 28.7 Å². The van der Waals surface area contributed by atoms with Gasteiger partial charge in [0.25, 0.3) is 0 Å². The Morgan fingerprint density at radius 2 is 0.681 bits per heavy atom. The summed E-state index contributed by atoms with van der Waals surface area (Å²) in [4.78, 5) is 19.5. The predicted molar refractivity (Wildman–Crippen MR) is 292 cm³/mol. The second-order valence-corrected chi connectivity index (χ2v) is 18.2. The molecular formula is C62H36ClN7O2. The lowest BCUT2D eigenvalue weighted by Gasteiger charge is -2.12. The number of rotatable bonds is 4. The Labute approximate surface area is 414 Å². The van der Waals surface area contributed by atoms with E-state index in [1.165, 1.54) is 32.6 Å². The Morgan fingerprint density at radius 3 is 1.12 bits per heavy atom. The number of hydrogen-bond donors (Lipinski definition) is 0. The second-order valence-electron chi connectivity index (χ2n) is 17.9. The zero-order chi connectivity index (χ0) is 47.4. The molecule has 0 aliphatic heterocycles. The van der Waals surface area contributed by atoms with Gasteiger partial charge in [-0.25, -0.2) is 15.0 Å². The van der Waals surface area contributed by atoms with Crippen molar-refractivity contribution in [1.82, 2.24) is 33.6 Å². The molecule has 0 amide bonds. The largest absolute Gasteiger partial charge is 0.450 e. The maximum atomic E-state index is 6.53. The van der Waals surface area contributed by atoms with Crippen molar-refractivity contribution in [2.24, 2.45) is 0 Å². The monoisotopic (exact) mass is 945 g/mol. The lowest BCUT2D eigenvalue weighted by molar-refractivity contribution is 0.662. The summed E-state index contributed by atoms with van der Waals surface area (Å²) >= 11 is 6.32. The van der Waals surface area contributed by atoms with Gasteiger partial charge in [-0.3, -0.25) is 9.13 Å². The van der Waals surface area contributed by atoms with Crippen molar-refractivity contribution < 1.29 is 8.83 Å². The fraction of sp³-hybridized carbons (Fsp3) is 0. The fourth-order valence-electron chi connectivity index (χ4n) is 10.8. The number of nitrogens with zero attached hydrogens (tertiary/aromatic N) is 7. The van der Waals surface area contributed by atoms with Crippen molar-refractivity contribution in [3.05, 3.63) is 224 Å². The first-order valence-electron chi connectivity index (χ1n) is 23.7. The van der Waals surface area contributed by atoms with Crippen molar-refractivity contribution in [2.45, 2.75) is 0 Å². The van der Waals surface area contributed by atoms with Gasteiger partial charge in [0.05, 0.1) is 33.1 Å². The second kappa shape index (κ2) is 15.7. The smallest absolute Gasteiger partial charge is 0.225 e. The molecule has 9 aromatic carbocycles. The molecule has 0 aliphatic rings. The number of aromatic nitrogens is 7. The van der Waals surface area contributed by atoms with E-state index in [1.807, 2.05) is 66.7 Å². The standard InChI is InChI=1S/C40H24N4O.C22H12ClN3O/c1-6-19-32-27(14-1)28-15-2-7-20-33(28)43(32)26-13-11-12-25(24-26)39-41-37-31-18-5-10-23-36(31)45-38(37)40(42-39)44-34-21-8-3-16-29(34)30-17-4-9-22-35(30)44;23-22-24-19-15-9-3-6-12-18(15)27-20(19)21(25-22)26-16-10-4-1-7-13(16)14-8-2-5-11-17(14)26/h1-24H;1-12H. The molecule has 338 valence electrons. The SMILES string of the molecule is Clc1nc(-n2c3ccccc3c3ccccc32)c2oc3ccccc3c2n1.c1cc(-c2nc(-n3c4ccccc4c4ccccc43)c3oc4ccccc4c3n2)cc(-n2c3ccccc3c3ccccc32)c1. The van der Waals surface area contributed by atoms with Crippen LogP contribution in [0.3, 0.4) is 0 Å². The molecule has 0 spiro atoms. The van der Waals surface area contributed by atoms with Gasteiger partial charge in [-0.15, -0.1) is 0 Å². The fourth-order valence-corrected chi connectivity index (χ4v) is 11.0. The molecule has 16 rings (SSSR count). The highest BCUT2D eigenvalue weighted by molar-refractivity contribution is 6.29. The number of benzene rings is 9. The van der Waals surface area contributed by atoms with Crippen LogP contribution in [0.5, 0.6) is 0 Å². The lowest BCUT2D eigenvalue weighted by atomic mass is 10.1. The minimum atomic E-state index is 0.200. The zero-order valence-corrected chi connectivity index (χ0v) is 38.9. The molecule has 7 heterocycles. The van der Waals surface area contributed by atoms with Gasteiger partial charge >= 0.3 is 0 Å². The summed E-state index contributed by atoms with van der Waals surface area (Å²) in [6, 6.07) is 75.1. The average Bonchev–Trinajstić information content (AvgIpc) is 4.25. The topological polar surface area (TPSA) is 92.6 Å². The van der Waals surface area contributed by atoms with E-state index in [0.29, 0.717) is 22.8 Å². The first kappa shape index (κ1) is 40.3. The zero-order valence-electron chi connectivity index (χ0n) is 38.1. The quantitative estimate of drug-likeness (QED) is 0.163. The van der Waals surface area contributed by atoms with E-state index in [4.69, 9.17) is 30.4 Å². The van der Waals surface area contributed by atoms with Crippen LogP contribution in [0.4, 0.5) is 0 Å². The van der Waals surface area contributed by atoms with Crippen LogP contribution in [-0.4, -0.2) is 33.6 Å². The number of para-hydroxylation sites is 8. The third-order valence-electron chi connectivity index (χ3n) is 13.9. The van der Waals surface area contributed by atoms with E-state index >= 15 is 0 Å². The Bertz CT molecular complexity index is 4700. The molecule has 0 radical (unpaired) electrons. The summed E-state index contributed by atoms with van der Waals surface area (Å²) in [6.07, 6.45) is 0. The predicted octanol–water partition coefficient (Wildman–Crippen LogP) is 16.4. The van der Waals surface area contributed by atoms with Crippen molar-refractivity contribution in [1.29, 1.82) is 0 Å². The minimum Gasteiger partial charge on any atom is -0.450 e. The Kier molecular flexibility index (Phi) is 8.81. The van der Waals surface area contributed by atoms with Crippen LogP contribution in [0.15, 0.2) is 227 Å². The normalized spacial score (nSPS) is 12.0. The summed E-state index contributed by atoms with van der Waals surface area (Å²) in [6.45, 7) is 0. The molecule has 72 heavy (non-hydrogen) atoms. The summed E-state index contributed by atoms with van der Waals surface area (Å²) < 4.78 is 19.3. The molecular weight excluding hydrogens is 910 g/mol. The van der Waals surface area contributed by atoms with E-state index < -0.39 is 0 Å². The molecule has 0 saturated heterocycles. The van der Waals surface area contributed by atoms with Crippen LogP contribution in [-0.2, 0) is 0 Å². The molecule has 10 heteroatoms. The van der Waals surface area contributed by atoms with Crippen LogP contribution in [0.1, 0.15) is 0 Å². The summed E-state index contributed by atoms with van der Waals surface area (Å²) in [5.74, 6) is 2.03. The maximum Gasteiger partial charge on any atom is 0.225 e. The molecule has 16 aromatic rings. The van der Waals surface area contributed by atoms with E-state index in [2.05, 4.69) is 175 Å². The minimum absolute atomic E-state index is 0.200. The van der Waals surface area contributed by atoms with E-state index in [1.54, 1.807) is 0 Å². The van der Waals surface area contributed by atoms with Gasteiger partial charge < -0.3 is 13.4 Å². The van der Waals surface area contributed by atoms with E-state index in [-0.39, 0.29) is 5.28 Å². The van der Waals surface area contributed by atoms with Gasteiger partial charge in [-0.2, -0.15) is 4.98 Å². The van der Waals surface area contributed by atoms with Gasteiger partial charge in [-0.1, -0.05) is 146 Å². The Balaban J connectivity index is 0.000000146. The first-order valence-corrected chi connectivity index (χ1v) is 24.1. The molecule has 7 aromatic heterocycles. The molecule has 0 unspecified atom stereocenters. The van der Waals surface area contributed by atoms with Crippen molar-refractivity contribution >= 4 is 121 Å². The molecule has 0 saturated carbocycles. The van der Waals surface area contributed by atoms with Gasteiger partial charge in [0, 0.05) is 54.3 Å². The van der Waals surface area contributed by atoms with Gasteiger partial charge in [0.15, 0.2) is 28.6 Å². The van der Waals surface area contributed by atoms with Crippen LogP contribution in [0, 0.1) is 0 Å². The van der Waals surface area contributed by atoms with Crippen molar-refractivity contribution in [3.63, 3.8) is 0 Å². The molecule has 0 aliphatic carbocycles. The third-order valence-corrected chi connectivity index (χ3v) is 14.1. The maximum absolute atomic E-state index is 6.53. The van der Waals surface area contributed by atoms with E-state index in [9.17, 15) is 0 Å². The highest BCUT2D eigenvalue weighted by atomic mass is 35.5. The first-order chi connectivity index (χ1) is 35.6. The lowest BCUT2D eigenvalue weighted by Crippen LogP contribution is -2.02. The highest BCUT2D eigenvalue weighted by Crippen LogP contribution is 2.40. The Morgan fingerprint density at radius 1 is 0.319 bits per heavy atom. The molecule has 9 nitrogen and oxygen atoms in total.